The Morgan fingerprint density at radius 2 is 1.61 bits per heavy atom. The van der Waals surface area contributed by atoms with Crippen molar-refractivity contribution < 1.29 is 14.4 Å². The molecule has 0 atom stereocenters. The number of nitrogens with zero attached hydrogens (tertiary/aromatic N) is 2. The summed E-state index contributed by atoms with van der Waals surface area (Å²) in [7, 11) is 0. The van der Waals surface area contributed by atoms with E-state index in [2.05, 4.69) is 15.7 Å². The van der Waals surface area contributed by atoms with E-state index in [1.165, 1.54) is 0 Å². The molecule has 0 aliphatic heterocycles. The molecule has 2 aromatic carbocycles. The highest BCUT2D eigenvalue weighted by atomic mass is 16.2. The lowest BCUT2D eigenvalue weighted by molar-refractivity contribution is -0.117. The monoisotopic (exact) mass is 419 g/mol. The van der Waals surface area contributed by atoms with E-state index in [1.807, 2.05) is 42.8 Å². The van der Waals surface area contributed by atoms with Gasteiger partial charge in [0.2, 0.25) is 5.91 Å². The lowest BCUT2D eigenvalue weighted by Gasteiger charge is -2.09. The van der Waals surface area contributed by atoms with Gasteiger partial charge in [-0.1, -0.05) is 24.3 Å². The van der Waals surface area contributed by atoms with Gasteiger partial charge >= 0.3 is 0 Å². The molecule has 0 fully saturated rings. The molecule has 3 aromatic rings. The molecule has 0 saturated heterocycles. The molecule has 4 N–H and O–H groups in total. The minimum absolute atomic E-state index is 0.182. The van der Waals surface area contributed by atoms with Crippen molar-refractivity contribution in [2.45, 2.75) is 26.9 Å². The van der Waals surface area contributed by atoms with Crippen molar-refractivity contribution in [1.82, 2.24) is 20.4 Å². The summed E-state index contributed by atoms with van der Waals surface area (Å²) in [5.74, 6) is -1.17. The van der Waals surface area contributed by atoms with Crippen molar-refractivity contribution in [2.24, 2.45) is 5.73 Å². The van der Waals surface area contributed by atoms with Crippen LogP contribution in [0.3, 0.4) is 0 Å². The van der Waals surface area contributed by atoms with Crippen LogP contribution >= 0.6 is 0 Å². The molecule has 0 radical (unpaired) electrons. The molecular formula is C23H25N5O3. The minimum atomic E-state index is -0.605. The molecule has 31 heavy (non-hydrogen) atoms. The number of nitrogens with two attached hydrogens (primary N) is 1. The van der Waals surface area contributed by atoms with Crippen LogP contribution < -0.4 is 16.4 Å². The molecule has 0 aliphatic carbocycles. The van der Waals surface area contributed by atoms with Crippen molar-refractivity contribution in [3.05, 3.63) is 88.2 Å². The fourth-order valence-corrected chi connectivity index (χ4v) is 3.15. The molecule has 0 spiro atoms. The van der Waals surface area contributed by atoms with E-state index < -0.39 is 5.91 Å². The van der Waals surface area contributed by atoms with Crippen LogP contribution in [-0.4, -0.2) is 34.0 Å². The normalized spacial score (nSPS) is 10.5. The van der Waals surface area contributed by atoms with Gasteiger partial charge in [-0.25, -0.2) is 0 Å². The first kappa shape index (κ1) is 21.8. The van der Waals surface area contributed by atoms with Crippen LogP contribution in [0, 0.1) is 13.8 Å². The standard InChI is InChI=1S/C23H25N5O3/c1-15-10-16(2)28(27-15)14-18-4-3-5-20(11-18)23(31)25-12-17-6-8-19(9-7-17)22(30)26-13-21(24)29/h3-11H,12-14H2,1-2H3,(H2,24,29)(H,25,31)(H,26,30). The maximum atomic E-state index is 12.6. The number of nitrogens with one attached hydrogen (secondary N) is 2. The van der Waals surface area contributed by atoms with Crippen LogP contribution in [0.25, 0.3) is 0 Å². The number of hydrogen-bond donors (Lipinski definition) is 3. The second-order valence-corrected chi connectivity index (χ2v) is 7.31. The summed E-state index contributed by atoms with van der Waals surface area (Å²) in [5.41, 5.74) is 9.86. The number of primary amides is 1. The summed E-state index contributed by atoms with van der Waals surface area (Å²) >= 11 is 0. The number of rotatable bonds is 8. The van der Waals surface area contributed by atoms with Gasteiger partial charge in [-0.2, -0.15) is 5.10 Å². The molecule has 0 unspecified atom stereocenters. The average Bonchev–Trinajstić information content (AvgIpc) is 3.07. The third-order valence-electron chi connectivity index (χ3n) is 4.72. The van der Waals surface area contributed by atoms with E-state index in [-0.39, 0.29) is 18.4 Å². The Kier molecular flexibility index (Phi) is 6.81. The van der Waals surface area contributed by atoms with Crippen LogP contribution in [0.5, 0.6) is 0 Å². The number of aryl methyl sites for hydroxylation is 2. The minimum Gasteiger partial charge on any atom is -0.368 e. The van der Waals surface area contributed by atoms with E-state index in [0.29, 0.717) is 24.2 Å². The van der Waals surface area contributed by atoms with Gasteiger partial charge in [-0.05, 0) is 55.3 Å². The van der Waals surface area contributed by atoms with E-state index in [9.17, 15) is 14.4 Å². The number of benzene rings is 2. The molecule has 0 saturated carbocycles. The Morgan fingerprint density at radius 1 is 0.903 bits per heavy atom. The first-order valence-corrected chi connectivity index (χ1v) is 9.85. The van der Waals surface area contributed by atoms with E-state index in [0.717, 1.165) is 22.5 Å². The van der Waals surface area contributed by atoms with Crippen molar-refractivity contribution in [3.8, 4) is 0 Å². The fraction of sp³-hybridized carbons (Fsp3) is 0.217. The lowest BCUT2D eigenvalue weighted by atomic mass is 10.1. The smallest absolute Gasteiger partial charge is 0.251 e. The molecule has 8 heteroatoms. The molecule has 0 aliphatic rings. The quantitative estimate of drug-likeness (QED) is 0.515. The molecular weight excluding hydrogens is 394 g/mol. The maximum Gasteiger partial charge on any atom is 0.251 e. The second kappa shape index (κ2) is 9.71. The van der Waals surface area contributed by atoms with Crippen LogP contribution in [0.2, 0.25) is 0 Å². The zero-order chi connectivity index (χ0) is 22.4. The third-order valence-corrected chi connectivity index (χ3v) is 4.72. The highest BCUT2D eigenvalue weighted by Crippen LogP contribution is 2.11. The summed E-state index contributed by atoms with van der Waals surface area (Å²) in [6.45, 7) is 4.66. The Labute approximate surface area is 180 Å². The Balaban J connectivity index is 1.57. The van der Waals surface area contributed by atoms with E-state index >= 15 is 0 Å². The molecule has 1 heterocycles. The van der Waals surface area contributed by atoms with E-state index in [4.69, 9.17) is 5.73 Å². The van der Waals surface area contributed by atoms with Crippen LogP contribution in [-0.2, 0) is 17.9 Å². The number of carbonyl (C=O) groups is 3. The van der Waals surface area contributed by atoms with Gasteiger partial charge in [0.1, 0.15) is 0 Å². The zero-order valence-corrected chi connectivity index (χ0v) is 17.5. The zero-order valence-electron chi connectivity index (χ0n) is 17.5. The molecule has 8 nitrogen and oxygen atoms in total. The fourth-order valence-electron chi connectivity index (χ4n) is 3.15. The molecule has 0 bridgehead atoms. The topological polar surface area (TPSA) is 119 Å². The van der Waals surface area contributed by atoms with Gasteiger partial charge in [0.05, 0.1) is 18.8 Å². The first-order chi connectivity index (χ1) is 14.8. The predicted octanol–water partition coefficient (Wildman–Crippen LogP) is 1.69. The van der Waals surface area contributed by atoms with Crippen molar-refractivity contribution in [3.63, 3.8) is 0 Å². The predicted molar refractivity (Wildman–Crippen MR) is 116 cm³/mol. The third kappa shape index (κ3) is 6.02. The van der Waals surface area contributed by atoms with Crippen molar-refractivity contribution >= 4 is 17.7 Å². The van der Waals surface area contributed by atoms with Gasteiger partial charge in [0.15, 0.2) is 0 Å². The van der Waals surface area contributed by atoms with Crippen molar-refractivity contribution in [1.29, 1.82) is 0 Å². The van der Waals surface area contributed by atoms with Gasteiger partial charge in [0.25, 0.3) is 11.8 Å². The lowest BCUT2D eigenvalue weighted by Crippen LogP contribution is -2.33. The Hall–Kier alpha value is -3.94. The Bertz CT molecular complexity index is 1100. The van der Waals surface area contributed by atoms with Crippen LogP contribution in [0.15, 0.2) is 54.6 Å². The molecule has 3 rings (SSSR count). The van der Waals surface area contributed by atoms with Crippen molar-refractivity contribution in [2.75, 3.05) is 6.54 Å². The van der Waals surface area contributed by atoms with Gasteiger partial charge in [-0.15, -0.1) is 0 Å². The van der Waals surface area contributed by atoms with E-state index in [1.54, 1.807) is 30.3 Å². The van der Waals surface area contributed by atoms with Gasteiger partial charge < -0.3 is 16.4 Å². The summed E-state index contributed by atoms with van der Waals surface area (Å²) in [6, 6.07) is 16.2. The van der Waals surface area contributed by atoms with Crippen LogP contribution in [0.4, 0.5) is 0 Å². The second-order valence-electron chi connectivity index (χ2n) is 7.31. The van der Waals surface area contributed by atoms with Gasteiger partial charge in [-0.3, -0.25) is 19.1 Å². The maximum absolute atomic E-state index is 12.6. The number of hydrogen-bond acceptors (Lipinski definition) is 4. The van der Waals surface area contributed by atoms with Gasteiger partial charge in [0, 0.05) is 23.4 Å². The average molecular weight is 419 g/mol. The summed E-state index contributed by atoms with van der Waals surface area (Å²) in [6.07, 6.45) is 0. The SMILES string of the molecule is Cc1cc(C)n(Cc2cccc(C(=O)NCc3ccc(C(=O)NCC(N)=O)cc3)c2)n1. The Morgan fingerprint density at radius 3 is 2.26 bits per heavy atom. The highest BCUT2D eigenvalue weighted by molar-refractivity contribution is 5.96. The number of amides is 3. The molecule has 3 amide bonds. The largest absolute Gasteiger partial charge is 0.368 e. The summed E-state index contributed by atoms with van der Waals surface area (Å²) in [5, 5.41) is 9.78. The highest BCUT2D eigenvalue weighted by Gasteiger charge is 2.09. The molecule has 160 valence electrons. The number of carbonyl (C=O) groups excluding carboxylic acids is 3. The van der Waals surface area contributed by atoms with Crippen LogP contribution in [0.1, 0.15) is 43.2 Å². The molecule has 1 aromatic heterocycles. The summed E-state index contributed by atoms with van der Waals surface area (Å²) in [4.78, 5) is 35.2. The summed E-state index contributed by atoms with van der Waals surface area (Å²) < 4.78 is 1.91. The first-order valence-electron chi connectivity index (χ1n) is 9.85. The number of aromatic nitrogens is 2.